The van der Waals surface area contributed by atoms with E-state index in [1.54, 1.807) is 0 Å². The minimum atomic E-state index is -0.690. The molecule has 0 aliphatic carbocycles. The van der Waals surface area contributed by atoms with Crippen LogP contribution in [-0.4, -0.2) is 30.5 Å². The lowest BCUT2D eigenvalue weighted by atomic mass is 10.0. The summed E-state index contributed by atoms with van der Waals surface area (Å²) in [6.07, 6.45) is 0.718. The van der Waals surface area contributed by atoms with E-state index in [1.807, 2.05) is 0 Å². The van der Waals surface area contributed by atoms with Gasteiger partial charge in [0.1, 0.15) is 5.60 Å². The molecule has 3 nitrogen and oxygen atoms in total. The molecule has 1 unspecified atom stereocenters. The predicted molar refractivity (Wildman–Crippen MR) is 76.0 cm³/mol. The normalized spacial score (nSPS) is 23.0. The predicted octanol–water partition coefficient (Wildman–Crippen LogP) is 2.08. The fourth-order valence-corrected chi connectivity index (χ4v) is 2.61. The molecule has 1 fully saturated rings. The summed E-state index contributed by atoms with van der Waals surface area (Å²) >= 11 is 0. The molecular formula is C16H19NO2. The highest BCUT2D eigenvalue weighted by atomic mass is 16.5. The van der Waals surface area contributed by atoms with Gasteiger partial charge < -0.3 is 15.2 Å². The molecule has 0 radical (unpaired) electrons. The van der Waals surface area contributed by atoms with Gasteiger partial charge in [0, 0.05) is 26.1 Å². The number of aliphatic hydroxyl groups is 1. The maximum absolute atomic E-state index is 10.2. The number of hydrogen-bond acceptors (Lipinski definition) is 3. The molecule has 1 atom stereocenters. The van der Waals surface area contributed by atoms with Crippen molar-refractivity contribution < 1.29 is 9.84 Å². The first kappa shape index (κ1) is 12.6. The van der Waals surface area contributed by atoms with Crippen LogP contribution >= 0.6 is 0 Å². The first-order chi connectivity index (χ1) is 9.27. The molecule has 1 aliphatic rings. The van der Waals surface area contributed by atoms with Gasteiger partial charge in [-0.05, 0) is 16.3 Å². The van der Waals surface area contributed by atoms with Crippen molar-refractivity contribution in [1.29, 1.82) is 0 Å². The lowest BCUT2D eigenvalue weighted by Gasteiger charge is -2.21. The van der Waals surface area contributed by atoms with Crippen molar-refractivity contribution in [3.63, 3.8) is 0 Å². The summed E-state index contributed by atoms with van der Waals surface area (Å²) < 4.78 is 5.24. The zero-order chi connectivity index (χ0) is 13.1. The van der Waals surface area contributed by atoms with Gasteiger partial charge in [-0.3, -0.25) is 0 Å². The van der Waals surface area contributed by atoms with Crippen LogP contribution < -0.4 is 5.32 Å². The molecule has 3 rings (SSSR count). The molecule has 0 amide bonds. The Hall–Kier alpha value is -1.42. The van der Waals surface area contributed by atoms with Gasteiger partial charge in [0.05, 0.1) is 6.61 Å². The Bertz CT molecular complexity index is 556. The minimum absolute atomic E-state index is 0.440. The third-order valence-corrected chi connectivity index (χ3v) is 3.73. The first-order valence-corrected chi connectivity index (χ1v) is 6.74. The molecular weight excluding hydrogens is 238 g/mol. The molecule has 19 heavy (non-hydrogen) atoms. The van der Waals surface area contributed by atoms with Crippen LogP contribution in [0.4, 0.5) is 0 Å². The third-order valence-electron chi connectivity index (χ3n) is 3.73. The lowest BCUT2D eigenvalue weighted by molar-refractivity contribution is 0.0269. The van der Waals surface area contributed by atoms with E-state index in [0.29, 0.717) is 19.8 Å². The van der Waals surface area contributed by atoms with Gasteiger partial charge in [-0.25, -0.2) is 0 Å². The molecule has 2 aromatic carbocycles. The number of nitrogens with one attached hydrogen (secondary N) is 1. The highest BCUT2D eigenvalue weighted by Crippen LogP contribution is 2.20. The lowest BCUT2D eigenvalue weighted by Crippen LogP contribution is -2.40. The van der Waals surface area contributed by atoms with Crippen molar-refractivity contribution >= 4 is 10.8 Å². The Morgan fingerprint density at radius 1 is 1.16 bits per heavy atom. The Labute approximate surface area is 113 Å². The topological polar surface area (TPSA) is 41.5 Å². The highest BCUT2D eigenvalue weighted by molar-refractivity contribution is 5.85. The van der Waals surface area contributed by atoms with Crippen molar-refractivity contribution in [3.8, 4) is 0 Å². The number of ether oxygens (including phenoxy) is 1. The van der Waals surface area contributed by atoms with Crippen LogP contribution in [0.3, 0.4) is 0 Å². The van der Waals surface area contributed by atoms with E-state index >= 15 is 0 Å². The maximum Gasteiger partial charge on any atom is 0.102 e. The number of rotatable bonds is 4. The zero-order valence-corrected chi connectivity index (χ0v) is 10.9. The van der Waals surface area contributed by atoms with Crippen molar-refractivity contribution in [3.05, 3.63) is 48.0 Å². The Morgan fingerprint density at radius 3 is 2.84 bits per heavy atom. The molecule has 2 aromatic rings. The van der Waals surface area contributed by atoms with E-state index in [-0.39, 0.29) is 0 Å². The second-order valence-corrected chi connectivity index (χ2v) is 5.27. The molecule has 1 saturated heterocycles. The SMILES string of the molecule is OC1(CNCc2cccc3ccccc23)CCOC1. The second kappa shape index (κ2) is 5.29. The van der Waals surface area contributed by atoms with Crippen LogP contribution in [0.5, 0.6) is 0 Å². The van der Waals surface area contributed by atoms with Crippen molar-refractivity contribution in [2.75, 3.05) is 19.8 Å². The summed E-state index contributed by atoms with van der Waals surface area (Å²) in [5, 5.41) is 16.1. The monoisotopic (exact) mass is 257 g/mol. The van der Waals surface area contributed by atoms with E-state index in [0.717, 1.165) is 13.0 Å². The summed E-state index contributed by atoms with van der Waals surface area (Å²) in [7, 11) is 0. The Balaban J connectivity index is 1.68. The van der Waals surface area contributed by atoms with Crippen LogP contribution in [0, 0.1) is 0 Å². The smallest absolute Gasteiger partial charge is 0.102 e. The van der Waals surface area contributed by atoms with E-state index in [4.69, 9.17) is 4.74 Å². The largest absolute Gasteiger partial charge is 0.386 e. The minimum Gasteiger partial charge on any atom is -0.386 e. The van der Waals surface area contributed by atoms with Crippen LogP contribution in [0.2, 0.25) is 0 Å². The van der Waals surface area contributed by atoms with E-state index in [2.05, 4.69) is 47.8 Å². The zero-order valence-electron chi connectivity index (χ0n) is 10.9. The maximum atomic E-state index is 10.2. The summed E-state index contributed by atoms with van der Waals surface area (Å²) in [5.41, 5.74) is 0.575. The van der Waals surface area contributed by atoms with Crippen molar-refractivity contribution in [2.24, 2.45) is 0 Å². The quantitative estimate of drug-likeness (QED) is 0.881. The number of fused-ring (bicyclic) bond motifs is 1. The summed E-state index contributed by atoms with van der Waals surface area (Å²) in [4.78, 5) is 0. The average Bonchev–Trinajstić information content (AvgIpc) is 2.86. The summed E-state index contributed by atoms with van der Waals surface area (Å²) in [5.74, 6) is 0. The molecule has 0 bridgehead atoms. The summed E-state index contributed by atoms with van der Waals surface area (Å²) in [6.45, 7) is 2.45. The van der Waals surface area contributed by atoms with Gasteiger partial charge in [-0.2, -0.15) is 0 Å². The van der Waals surface area contributed by atoms with Crippen molar-refractivity contribution in [2.45, 2.75) is 18.6 Å². The number of hydrogen-bond donors (Lipinski definition) is 2. The van der Waals surface area contributed by atoms with E-state index in [9.17, 15) is 5.11 Å². The molecule has 0 aromatic heterocycles. The average molecular weight is 257 g/mol. The van der Waals surface area contributed by atoms with Crippen LogP contribution in [0.15, 0.2) is 42.5 Å². The van der Waals surface area contributed by atoms with Crippen LogP contribution in [-0.2, 0) is 11.3 Å². The standard InChI is InChI=1S/C16H19NO2/c18-16(8-9-19-12-16)11-17-10-14-6-3-5-13-4-1-2-7-15(13)14/h1-7,17-18H,8-12H2. The molecule has 0 spiro atoms. The fraction of sp³-hybridized carbons (Fsp3) is 0.375. The molecule has 3 heteroatoms. The van der Waals surface area contributed by atoms with Gasteiger partial charge in [0.2, 0.25) is 0 Å². The van der Waals surface area contributed by atoms with Gasteiger partial charge in [0.15, 0.2) is 0 Å². The fourth-order valence-electron chi connectivity index (χ4n) is 2.61. The Kier molecular flexibility index (Phi) is 3.51. The van der Waals surface area contributed by atoms with Crippen LogP contribution in [0.25, 0.3) is 10.8 Å². The van der Waals surface area contributed by atoms with Crippen molar-refractivity contribution in [1.82, 2.24) is 5.32 Å². The molecule has 2 N–H and O–H groups in total. The van der Waals surface area contributed by atoms with E-state index in [1.165, 1.54) is 16.3 Å². The van der Waals surface area contributed by atoms with Gasteiger partial charge in [-0.15, -0.1) is 0 Å². The van der Waals surface area contributed by atoms with Gasteiger partial charge in [0.25, 0.3) is 0 Å². The second-order valence-electron chi connectivity index (χ2n) is 5.27. The third kappa shape index (κ3) is 2.78. The van der Waals surface area contributed by atoms with E-state index < -0.39 is 5.60 Å². The molecule has 0 saturated carbocycles. The molecule has 1 heterocycles. The first-order valence-electron chi connectivity index (χ1n) is 6.74. The molecule has 100 valence electrons. The Morgan fingerprint density at radius 2 is 2.00 bits per heavy atom. The molecule has 1 aliphatic heterocycles. The van der Waals surface area contributed by atoms with Gasteiger partial charge >= 0.3 is 0 Å². The number of benzene rings is 2. The van der Waals surface area contributed by atoms with Gasteiger partial charge in [-0.1, -0.05) is 42.5 Å². The highest BCUT2D eigenvalue weighted by Gasteiger charge is 2.31. The summed E-state index contributed by atoms with van der Waals surface area (Å²) in [6, 6.07) is 14.7. The van der Waals surface area contributed by atoms with Crippen LogP contribution in [0.1, 0.15) is 12.0 Å².